The van der Waals surface area contributed by atoms with E-state index < -0.39 is 6.18 Å². The summed E-state index contributed by atoms with van der Waals surface area (Å²) >= 11 is 0. The minimum absolute atomic E-state index is 0. The molecule has 6 heteroatoms. The lowest BCUT2D eigenvalue weighted by atomic mass is 9.83. The van der Waals surface area contributed by atoms with E-state index in [-0.39, 0.29) is 14.8 Å². The zero-order valence-electron chi connectivity index (χ0n) is 21.0. The first-order valence-electron chi connectivity index (χ1n) is 11.9. The van der Waals surface area contributed by atoms with Crippen LogP contribution >= 0.6 is 0 Å². The number of aryl methyl sites for hydroxylation is 3. The van der Waals surface area contributed by atoms with Crippen LogP contribution in [0.4, 0.5) is 13.2 Å². The third-order valence-corrected chi connectivity index (χ3v) is 6.30. The van der Waals surface area contributed by atoms with Gasteiger partial charge in [0.05, 0.1) is 0 Å². The van der Waals surface area contributed by atoms with Crippen molar-refractivity contribution in [1.29, 1.82) is 0 Å². The van der Waals surface area contributed by atoms with E-state index in [0.29, 0.717) is 23.7 Å². The van der Waals surface area contributed by atoms with Gasteiger partial charge in [0, 0.05) is 21.3 Å². The maximum absolute atomic E-state index is 12.9. The van der Waals surface area contributed by atoms with Crippen LogP contribution in [0.25, 0.3) is 6.08 Å². The molecule has 0 radical (unpaired) electrons. The van der Waals surface area contributed by atoms with Crippen LogP contribution in [0.1, 0.15) is 56.9 Å². The van der Waals surface area contributed by atoms with Crippen molar-refractivity contribution >= 4 is 25.4 Å². The summed E-state index contributed by atoms with van der Waals surface area (Å²) in [7, 11) is 0. The van der Waals surface area contributed by atoms with Crippen molar-refractivity contribution in [3.8, 4) is 0 Å². The number of rotatable bonds is 7. The number of alkyl halides is 3. The van der Waals surface area contributed by atoms with Gasteiger partial charge in [-0.15, -0.1) is 0 Å². The highest BCUT2D eigenvalue weighted by molar-refractivity contribution is 5.83. The topological polar surface area (TPSA) is 51.2 Å². The molecule has 0 N–H and O–H groups in total. The maximum atomic E-state index is 12.9. The fraction of sp³-hybridized carbons (Fsp3) is 0.367. The Bertz CT molecular complexity index is 1030. The molecule has 0 saturated carbocycles. The fourth-order valence-electron chi connectivity index (χ4n) is 4.43. The van der Waals surface area contributed by atoms with E-state index in [1.807, 2.05) is 25.7 Å². The molecule has 0 spiro atoms. The third kappa shape index (κ3) is 10.5. The summed E-state index contributed by atoms with van der Waals surface area (Å²) in [5, 5.41) is 0. The summed E-state index contributed by atoms with van der Waals surface area (Å²) in [6.07, 6.45) is 6.36. The molecule has 0 aliphatic heterocycles. The molecule has 1 aliphatic carbocycles. The van der Waals surface area contributed by atoms with E-state index in [1.54, 1.807) is 18.2 Å². The van der Waals surface area contributed by atoms with Crippen LogP contribution in [0, 0.1) is 18.8 Å². The van der Waals surface area contributed by atoms with Gasteiger partial charge in [-0.2, -0.15) is 13.2 Å². The summed E-state index contributed by atoms with van der Waals surface area (Å²) in [6.45, 7) is 8.23. The quantitative estimate of drug-likeness (QED) is 0.365. The minimum Gasteiger partial charge on any atom is -0.307 e. The van der Waals surface area contributed by atoms with E-state index in [1.165, 1.54) is 5.56 Å². The standard InChI is InChI=1S/C28H31F3O.2CH2O.2H2/c1-20-7-4-3-5-10-26(20)27(32)19-24-12-14-25(21(2)17-24)13-11-22-8-6-9-23(18-22)15-16-28(29,30)31;2*1-2;;/h3-4,6,8-9,12,14-18,20,26H,5,7,10-11,13,19H2,1-2H3;2*1H2;2*1H/b16-15-;;;;/t20-,26-;;;;/m1..../s1. The first-order chi connectivity index (χ1) is 17.2. The molecule has 0 saturated heterocycles. The predicted molar refractivity (Wildman–Crippen MR) is 143 cm³/mol. The normalized spacial score (nSPS) is 17.4. The molecule has 2 aromatic carbocycles. The first-order valence-corrected chi connectivity index (χ1v) is 11.9. The molecule has 0 aromatic heterocycles. The van der Waals surface area contributed by atoms with Crippen LogP contribution in [0.15, 0.2) is 60.7 Å². The van der Waals surface area contributed by atoms with Gasteiger partial charge in [-0.3, -0.25) is 4.79 Å². The number of carbonyl (C=O) groups is 3. The van der Waals surface area contributed by atoms with Crippen molar-refractivity contribution in [3.63, 3.8) is 0 Å². The molecule has 0 bridgehead atoms. The molecule has 0 heterocycles. The molecule has 3 rings (SSSR count). The van der Waals surface area contributed by atoms with Crippen LogP contribution < -0.4 is 0 Å². The molecule has 2 aromatic rings. The molecule has 198 valence electrons. The molecule has 36 heavy (non-hydrogen) atoms. The lowest BCUT2D eigenvalue weighted by molar-refractivity contribution is -0.123. The minimum atomic E-state index is -4.30. The number of ketones is 1. The van der Waals surface area contributed by atoms with E-state index in [0.717, 1.165) is 54.9 Å². The van der Waals surface area contributed by atoms with Crippen molar-refractivity contribution < 1.29 is 30.4 Å². The van der Waals surface area contributed by atoms with Gasteiger partial charge < -0.3 is 9.59 Å². The summed E-state index contributed by atoms with van der Waals surface area (Å²) in [5.74, 6) is 0.851. The number of hydrogen-bond acceptors (Lipinski definition) is 3. The second-order valence-electron chi connectivity index (χ2n) is 8.89. The molecular formula is C30H39F3O3. The van der Waals surface area contributed by atoms with Gasteiger partial charge in [0.2, 0.25) is 0 Å². The molecule has 0 unspecified atom stereocenters. The first kappa shape index (κ1) is 30.8. The van der Waals surface area contributed by atoms with E-state index in [2.05, 4.69) is 38.1 Å². The molecule has 2 atom stereocenters. The molecule has 3 nitrogen and oxygen atoms in total. The zero-order chi connectivity index (χ0) is 27.1. The Morgan fingerprint density at radius 1 is 1.03 bits per heavy atom. The molecule has 0 amide bonds. The van der Waals surface area contributed by atoms with Crippen LogP contribution in [0.2, 0.25) is 0 Å². The summed E-state index contributed by atoms with van der Waals surface area (Å²) in [4.78, 5) is 28.9. The second-order valence-corrected chi connectivity index (χ2v) is 8.89. The second kappa shape index (κ2) is 15.7. The van der Waals surface area contributed by atoms with Crippen LogP contribution in [0.5, 0.6) is 0 Å². The van der Waals surface area contributed by atoms with Crippen LogP contribution in [-0.4, -0.2) is 25.5 Å². The van der Waals surface area contributed by atoms with Crippen LogP contribution in [0.3, 0.4) is 0 Å². The van der Waals surface area contributed by atoms with Crippen molar-refractivity contribution in [2.75, 3.05) is 0 Å². The highest BCUT2D eigenvalue weighted by atomic mass is 19.4. The Hall–Kier alpha value is -3.28. The van der Waals surface area contributed by atoms with Crippen molar-refractivity contribution in [1.82, 2.24) is 0 Å². The van der Waals surface area contributed by atoms with Crippen LogP contribution in [-0.2, 0) is 33.6 Å². The van der Waals surface area contributed by atoms with Crippen molar-refractivity contribution in [2.45, 2.75) is 58.5 Å². The number of benzene rings is 2. The van der Waals surface area contributed by atoms with Gasteiger partial charge in [0.25, 0.3) is 0 Å². The Balaban J connectivity index is 0. The van der Waals surface area contributed by atoms with Gasteiger partial charge in [-0.1, -0.05) is 67.6 Å². The summed E-state index contributed by atoms with van der Waals surface area (Å²) in [6, 6.07) is 13.4. The zero-order valence-corrected chi connectivity index (χ0v) is 21.0. The highest BCUT2D eigenvalue weighted by Crippen LogP contribution is 2.27. The average molecular weight is 505 g/mol. The van der Waals surface area contributed by atoms with Crippen molar-refractivity contribution in [3.05, 3.63) is 88.5 Å². The van der Waals surface area contributed by atoms with E-state index >= 15 is 0 Å². The monoisotopic (exact) mass is 504 g/mol. The third-order valence-electron chi connectivity index (χ3n) is 6.30. The van der Waals surface area contributed by atoms with Gasteiger partial charge in [0.1, 0.15) is 19.4 Å². The van der Waals surface area contributed by atoms with Crippen molar-refractivity contribution in [2.24, 2.45) is 11.8 Å². The SMILES string of the molecule is C=O.C=O.Cc1cc(CC(=O)[C@@H]2CCC=CC[C@H]2C)ccc1CCc1cccc(/C=C\C(F)(F)F)c1.[HH].[HH]. The predicted octanol–water partition coefficient (Wildman–Crippen LogP) is 7.58. The number of carbonyl (C=O) groups excluding carboxylic acids is 3. The summed E-state index contributed by atoms with van der Waals surface area (Å²) < 4.78 is 37.2. The summed E-state index contributed by atoms with van der Waals surface area (Å²) in [5.41, 5.74) is 4.96. The van der Waals surface area contributed by atoms with Gasteiger partial charge in [-0.25, -0.2) is 0 Å². The Morgan fingerprint density at radius 2 is 1.75 bits per heavy atom. The highest BCUT2D eigenvalue weighted by Gasteiger charge is 2.25. The fourth-order valence-corrected chi connectivity index (χ4v) is 4.43. The number of halogens is 3. The number of allylic oxidation sites excluding steroid dienone is 3. The van der Waals surface area contributed by atoms with E-state index in [9.17, 15) is 18.0 Å². The largest absolute Gasteiger partial charge is 0.409 e. The molecule has 0 fully saturated rings. The van der Waals surface area contributed by atoms with E-state index in [4.69, 9.17) is 9.59 Å². The average Bonchev–Trinajstić information content (AvgIpc) is 3.09. The lowest BCUT2D eigenvalue weighted by Crippen LogP contribution is -2.23. The Labute approximate surface area is 215 Å². The smallest absolute Gasteiger partial charge is 0.307 e. The Morgan fingerprint density at radius 3 is 2.42 bits per heavy atom. The lowest BCUT2D eigenvalue weighted by Gasteiger charge is -2.20. The maximum Gasteiger partial charge on any atom is 0.409 e. The van der Waals surface area contributed by atoms with Gasteiger partial charge in [-0.05, 0) is 72.8 Å². The Kier molecular flexibility index (Phi) is 13.4. The molecule has 1 aliphatic rings. The number of Topliss-reactive ketones (excluding diaryl/α,β-unsaturated/α-hetero) is 1. The molecular weight excluding hydrogens is 465 g/mol. The van der Waals surface area contributed by atoms with Gasteiger partial charge >= 0.3 is 6.18 Å². The van der Waals surface area contributed by atoms with Gasteiger partial charge in [0.15, 0.2) is 0 Å². The number of hydrogen-bond donors (Lipinski definition) is 0.